The molecule has 0 unspecified atom stereocenters. The lowest BCUT2D eigenvalue weighted by atomic mass is 10.0. The van der Waals surface area contributed by atoms with Crippen molar-refractivity contribution in [1.29, 1.82) is 0 Å². The van der Waals surface area contributed by atoms with Crippen molar-refractivity contribution in [2.45, 2.75) is 51.6 Å². The molecule has 0 radical (unpaired) electrons. The maximum atomic E-state index is 15.2. The summed E-state index contributed by atoms with van der Waals surface area (Å²) in [6.07, 6.45) is 3.14. The predicted octanol–water partition coefficient (Wildman–Crippen LogP) is 1.09. The van der Waals surface area contributed by atoms with Crippen LogP contribution < -0.4 is 27.7 Å². The number of aryl methyl sites for hydroxylation is 1. The van der Waals surface area contributed by atoms with Crippen molar-refractivity contribution in [2.75, 3.05) is 23.8 Å². The Kier molecular flexibility index (Phi) is 4.25. The molecule has 1 aliphatic heterocycles. The van der Waals surface area contributed by atoms with Crippen molar-refractivity contribution >= 4 is 16.6 Å². The van der Waals surface area contributed by atoms with Gasteiger partial charge in [-0.05, 0) is 44.6 Å². The van der Waals surface area contributed by atoms with E-state index < -0.39 is 17.1 Å². The maximum Gasteiger partial charge on any atom is 0.350 e. The smallest absolute Gasteiger partial charge is 0.350 e. The summed E-state index contributed by atoms with van der Waals surface area (Å²) in [4.78, 5) is 27.3. The van der Waals surface area contributed by atoms with Gasteiger partial charge in [-0.25, -0.2) is 9.18 Å². The van der Waals surface area contributed by atoms with Crippen molar-refractivity contribution in [1.82, 2.24) is 9.24 Å². The van der Waals surface area contributed by atoms with Gasteiger partial charge < -0.3 is 16.5 Å². The summed E-state index contributed by atoms with van der Waals surface area (Å²) in [6.45, 7) is 5.28. The zero-order valence-electron chi connectivity index (χ0n) is 15.7. The lowest BCUT2D eigenvalue weighted by Gasteiger charge is -2.25. The lowest BCUT2D eigenvalue weighted by Crippen LogP contribution is -2.45. The highest BCUT2D eigenvalue weighted by molar-refractivity contribution is 5.87. The van der Waals surface area contributed by atoms with Crippen molar-refractivity contribution in [3.8, 4) is 0 Å². The second kappa shape index (κ2) is 6.37. The van der Waals surface area contributed by atoms with E-state index >= 15 is 4.39 Å². The number of benzene rings is 1. The van der Waals surface area contributed by atoms with Gasteiger partial charge in [0, 0.05) is 30.7 Å². The monoisotopic (exact) mass is 375 g/mol. The third-order valence-corrected chi connectivity index (χ3v) is 5.98. The van der Waals surface area contributed by atoms with Crippen LogP contribution in [0.2, 0.25) is 0 Å². The molecule has 27 heavy (non-hydrogen) atoms. The fraction of sp³-hybridized carbons (Fsp3) is 0.579. The van der Waals surface area contributed by atoms with Crippen molar-refractivity contribution < 1.29 is 4.39 Å². The van der Waals surface area contributed by atoms with Crippen LogP contribution in [-0.2, 0) is 6.42 Å². The van der Waals surface area contributed by atoms with Gasteiger partial charge in [-0.3, -0.25) is 9.36 Å². The Hall–Kier alpha value is -2.35. The van der Waals surface area contributed by atoms with Crippen LogP contribution in [0.3, 0.4) is 0 Å². The fourth-order valence-corrected chi connectivity index (χ4v) is 4.32. The van der Waals surface area contributed by atoms with E-state index in [4.69, 9.17) is 11.6 Å². The molecule has 0 amide bonds. The van der Waals surface area contributed by atoms with Gasteiger partial charge in [0.1, 0.15) is 5.82 Å². The molecule has 146 valence electrons. The molecule has 4 rings (SSSR count). The van der Waals surface area contributed by atoms with Crippen LogP contribution in [0.4, 0.5) is 10.1 Å². The number of halogens is 1. The average Bonchev–Trinajstić information content (AvgIpc) is 3.35. The molecule has 1 saturated carbocycles. The standard InChI is InChI=1S/C19H26FN5O2/c1-3-13-16-14(18(26)25(22)19(27)24(16)12-4-5-12)8-15(20)17(13)23-7-6-11(9-23)10(2)21/h8,10-12H,3-7,9,21-22H2,1-2H3/t10-,11+/m1/s1. The van der Waals surface area contributed by atoms with E-state index in [2.05, 4.69) is 0 Å². The molecule has 0 spiro atoms. The second-order valence-electron chi connectivity index (χ2n) is 7.85. The average molecular weight is 375 g/mol. The van der Waals surface area contributed by atoms with E-state index in [9.17, 15) is 9.59 Å². The molecule has 2 aromatic rings. The summed E-state index contributed by atoms with van der Waals surface area (Å²) in [7, 11) is 0. The van der Waals surface area contributed by atoms with Gasteiger partial charge in [0.25, 0.3) is 5.56 Å². The van der Waals surface area contributed by atoms with Crippen molar-refractivity contribution in [3.05, 3.63) is 38.3 Å². The Morgan fingerprint density at radius 2 is 2.00 bits per heavy atom. The molecule has 1 aliphatic carbocycles. The minimum absolute atomic E-state index is 0.0226. The summed E-state index contributed by atoms with van der Waals surface area (Å²) in [5.74, 6) is 5.55. The molecule has 2 atom stereocenters. The zero-order valence-corrected chi connectivity index (χ0v) is 15.7. The molecule has 4 N–H and O–H groups in total. The first-order valence-corrected chi connectivity index (χ1v) is 9.63. The number of nitrogen functional groups attached to an aromatic ring is 1. The molecule has 2 heterocycles. The molecule has 2 fully saturated rings. The third-order valence-electron chi connectivity index (χ3n) is 5.98. The van der Waals surface area contributed by atoms with Crippen LogP contribution in [0.5, 0.6) is 0 Å². The predicted molar refractivity (Wildman–Crippen MR) is 104 cm³/mol. The molecule has 2 aliphatic rings. The normalized spacial score (nSPS) is 21.2. The van der Waals surface area contributed by atoms with Crippen molar-refractivity contribution in [2.24, 2.45) is 11.7 Å². The van der Waals surface area contributed by atoms with Gasteiger partial charge in [0.05, 0.1) is 16.6 Å². The van der Waals surface area contributed by atoms with Crippen LogP contribution >= 0.6 is 0 Å². The largest absolute Gasteiger partial charge is 0.369 e. The van der Waals surface area contributed by atoms with Crippen molar-refractivity contribution in [3.63, 3.8) is 0 Å². The number of anilines is 1. The molecule has 0 bridgehead atoms. The quantitative estimate of drug-likeness (QED) is 0.780. The van der Waals surface area contributed by atoms with Crippen LogP contribution in [-0.4, -0.2) is 28.4 Å². The first-order valence-electron chi connectivity index (χ1n) is 9.63. The summed E-state index contributed by atoms with van der Waals surface area (Å²) in [5, 5.41) is 0.171. The Morgan fingerprint density at radius 1 is 1.30 bits per heavy atom. The zero-order chi connectivity index (χ0) is 19.5. The summed E-state index contributed by atoms with van der Waals surface area (Å²) in [5.41, 5.74) is 6.60. The van der Waals surface area contributed by atoms with Gasteiger partial charge in [-0.1, -0.05) is 6.92 Å². The summed E-state index contributed by atoms with van der Waals surface area (Å²) >= 11 is 0. The molecule has 1 aromatic carbocycles. The SMILES string of the molecule is CCc1c(N2CC[C@H]([C@@H](C)N)C2)c(F)cc2c(=O)n(N)c(=O)n(C3CC3)c12. The Balaban J connectivity index is 2.01. The Morgan fingerprint density at radius 3 is 2.56 bits per heavy atom. The number of nitrogens with two attached hydrogens (primary N) is 2. The number of rotatable bonds is 4. The van der Waals surface area contributed by atoms with Crippen LogP contribution in [0.25, 0.3) is 10.9 Å². The Bertz CT molecular complexity index is 1020. The number of hydrogen-bond acceptors (Lipinski definition) is 5. The fourth-order valence-electron chi connectivity index (χ4n) is 4.32. The number of fused-ring (bicyclic) bond motifs is 1. The highest BCUT2D eigenvalue weighted by atomic mass is 19.1. The molecule has 8 heteroatoms. The second-order valence-corrected chi connectivity index (χ2v) is 7.85. The van der Waals surface area contributed by atoms with Crippen LogP contribution in [0.15, 0.2) is 15.7 Å². The molecular formula is C19H26FN5O2. The first kappa shape index (κ1) is 18.0. The number of nitrogens with zero attached hydrogens (tertiary/aromatic N) is 3. The third kappa shape index (κ3) is 2.74. The van der Waals surface area contributed by atoms with Gasteiger partial charge in [-0.2, -0.15) is 4.68 Å². The Labute approximate surface area is 156 Å². The summed E-state index contributed by atoms with van der Waals surface area (Å²) in [6, 6.07) is 1.31. The lowest BCUT2D eigenvalue weighted by molar-refractivity contribution is 0.487. The van der Waals surface area contributed by atoms with E-state index in [0.717, 1.165) is 19.3 Å². The number of aromatic nitrogens is 2. The number of hydrogen-bond donors (Lipinski definition) is 2. The van der Waals surface area contributed by atoms with E-state index in [-0.39, 0.29) is 17.5 Å². The van der Waals surface area contributed by atoms with Gasteiger partial charge >= 0.3 is 5.69 Å². The van der Waals surface area contributed by atoms with E-state index in [0.29, 0.717) is 46.9 Å². The highest BCUT2D eigenvalue weighted by Gasteiger charge is 2.33. The minimum atomic E-state index is -0.651. The van der Waals surface area contributed by atoms with Crippen LogP contribution in [0, 0.1) is 11.7 Å². The maximum absolute atomic E-state index is 15.2. The van der Waals surface area contributed by atoms with Gasteiger partial charge in [0.2, 0.25) is 0 Å². The first-order chi connectivity index (χ1) is 12.8. The van der Waals surface area contributed by atoms with E-state index in [1.165, 1.54) is 6.07 Å². The summed E-state index contributed by atoms with van der Waals surface area (Å²) < 4.78 is 17.4. The van der Waals surface area contributed by atoms with Crippen LogP contribution in [0.1, 0.15) is 44.7 Å². The molecular weight excluding hydrogens is 349 g/mol. The van der Waals surface area contributed by atoms with E-state index in [1.807, 2.05) is 18.7 Å². The van der Waals surface area contributed by atoms with Gasteiger partial charge in [-0.15, -0.1) is 0 Å². The van der Waals surface area contributed by atoms with E-state index in [1.54, 1.807) is 4.57 Å². The highest BCUT2D eigenvalue weighted by Crippen LogP contribution is 2.39. The molecule has 1 saturated heterocycles. The minimum Gasteiger partial charge on any atom is -0.369 e. The topological polar surface area (TPSA) is 99.3 Å². The molecule has 7 nitrogen and oxygen atoms in total. The van der Waals surface area contributed by atoms with Gasteiger partial charge in [0.15, 0.2) is 0 Å². The molecule has 1 aromatic heterocycles.